The second-order valence-electron chi connectivity index (χ2n) is 3.95. The van der Waals surface area contributed by atoms with Gasteiger partial charge in [0.15, 0.2) is 0 Å². The number of carbonyl (C=O) groups excluding carboxylic acids is 1. The number of benzene rings is 1. The molecule has 1 aromatic rings. The molecule has 1 atom stereocenters. The number of ether oxygens (including phenoxy) is 1. The van der Waals surface area contributed by atoms with E-state index >= 15 is 0 Å². The van der Waals surface area contributed by atoms with Crippen LogP contribution in [-0.4, -0.2) is 22.6 Å². The van der Waals surface area contributed by atoms with E-state index in [2.05, 4.69) is 5.73 Å². The van der Waals surface area contributed by atoms with Crippen molar-refractivity contribution in [3.05, 3.63) is 57.3 Å². The lowest BCUT2D eigenvalue weighted by Crippen LogP contribution is -2.04. The first-order valence-electron chi connectivity index (χ1n) is 5.98. The maximum absolute atomic E-state index is 11.3. The van der Waals surface area contributed by atoms with Crippen LogP contribution in [0, 0.1) is 10.1 Å². The average molecular weight is 277 g/mol. The van der Waals surface area contributed by atoms with Gasteiger partial charge in [-0.1, -0.05) is 0 Å². The van der Waals surface area contributed by atoms with Crippen LogP contribution in [0.1, 0.15) is 25.5 Å². The van der Waals surface area contributed by atoms with Crippen molar-refractivity contribution >= 4 is 11.7 Å². The van der Waals surface area contributed by atoms with E-state index in [0.717, 1.165) is 0 Å². The predicted molar refractivity (Wildman–Crippen MR) is 72.0 cm³/mol. The highest BCUT2D eigenvalue weighted by atomic mass is 16.6. The van der Waals surface area contributed by atoms with Gasteiger partial charge < -0.3 is 9.84 Å². The van der Waals surface area contributed by atoms with Crippen LogP contribution in [0.25, 0.3) is 0 Å². The topological polar surface area (TPSA) is 89.7 Å². The van der Waals surface area contributed by atoms with E-state index in [0.29, 0.717) is 5.56 Å². The van der Waals surface area contributed by atoms with E-state index in [-0.39, 0.29) is 17.9 Å². The van der Waals surface area contributed by atoms with Gasteiger partial charge in [0.05, 0.1) is 17.1 Å². The Hall–Kier alpha value is -2.43. The number of nitro groups is 1. The number of nitrogens with zero attached hydrogens (tertiary/aromatic N) is 1. The van der Waals surface area contributed by atoms with Gasteiger partial charge in [-0.15, -0.1) is 5.73 Å². The lowest BCUT2D eigenvalue weighted by atomic mass is 10.1. The Kier molecular flexibility index (Phi) is 5.65. The number of aliphatic hydroxyl groups excluding tert-OH is 1. The fraction of sp³-hybridized carbons (Fsp3) is 0.286. The van der Waals surface area contributed by atoms with E-state index in [1.54, 1.807) is 6.92 Å². The van der Waals surface area contributed by atoms with E-state index in [1.807, 2.05) is 0 Å². The molecule has 0 aromatic heterocycles. The highest BCUT2D eigenvalue weighted by molar-refractivity contribution is 5.87. The Labute approximate surface area is 116 Å². The SMILES string of the molecule is CCOC(=O)C(C)=C=CC(O)c1ccc([N+](=O)[O-])cc1. The van der Waals surface area contributed by atoms with Crippen molar-refractivity contribution in [3.63, 3.8) is 0 Å². The Morgan fingerprint density at radius 1 is 1.50 bits per heavy atom. The molecule has 0 aliphatic rings. The van der Waals surface area contributed by atoms with E-state index in [9.17, 15) is 20.0 Å². The Morgan fingerprint density at radius 3 is 2.60 bits per heavy atom. The Bertz CT molecular complexity index is 555. The van der Waals surface area contributed by atoms with Crippen LogP contribution in [0.5, 0.6) is 0 Å². The van der Waals surface area contributed by atoms with E-state index in [4.69, 9.17) is 4.74 Å². The number of hydrogen-bond donors (Lipinski definition) is 1. The lowest BCUT2D eigenvalue weighted by Gasteiger charge is -2.04. The maximum Gasteiger partial charge on any atom is 0.341 e. The quantitative estimate of drug-likeness (QED) is 0.293. The molecule has 0 fully saturated rings. The van der Waals surface area contributed by atoms with Crippen LogP contribution in [0.3, 0.4) is 0 Å². The van der Waals surface area contributed by atoms with Gasteiger partial charge in [0.1, 0.15) is 6.10 Å². The van der Waals surface area contributed by atoms with Gasteiger partial charge >= 0.3 is 5.97 Å². The smallest absolute Gasteiger partial charge is 0.341 e. The van der Waals surface area contributed by atoms with Gasteiger partial charge in [-0.3, -0.25) is 10.1 Å². The third-order valence-electron chi connectivity index (χ3n) is 2.48. The largest absolute Gasteiger partial charge is 0.462 e. The molecule has 0 heterocycles. The fourth-order valence-corrected chi connectivity index (χ4v) is 1.39. The minimum absolute atomic E-state index is 0.0526. The van der Waals surface area contributed by atoms with E-state index < -0.39 is 17.0 Å². The van der Waals surface area contributed by atoms with Crippen LogP contribution in [0.4, 0.5) is 5.69 Å². The zero-order valence-corrected chi connectivity index (χ0v) is 11.2. The normalized spacial score (nSPS) is 11.2. The summed E-state index contributed by atoms with van der Waals surface area (Å²) in [5, 5.41) is 20.4. The van der Waals surface area contributed by atoms with Gasteiger partial charge in [0.25, 0.3) is 5.69 Å². The molecule has 0 bridgehead atoms. The van der Waals surface area contributed by atoms with Crippen molar-refractivity contribution in [1.82, 2.24) is 0 Å². The zero-order chi connectivity index (χ0) is 15.1. The molecule has 0 saturated carbocycles. The van der Waals surface area contributed by atoms with Gasteiger partial charge in [-0.2, -0.15) is 0 Å². The predicted octanol–water partition coefficient (Wildman–Crippen LogP) is 2.29. The highest BCUT2D eigenvalue weighted by Crippen LogP contribution is 2.18. The van der Waals surface area contributed by atoms with Crippen LogP contribution >= 0.6 is 0 Å². The van der Waals surface area contributed by atoms with E-state index in [1.165, 1.54) is 37.3 Å². The van der Waals surface area contributed by atoms with Crippen molar-refractivity contribution in [2.24, 2.45) is 0 Å². The summed E-state index contributed by atoms with van der Waals surface area (Å²) < 4.78 is 4.77. The van der Waals surface area contributed by atoms with Crippen LogP contribution in [0.15, 0.2) is 41.6 Å². The van der Waals surface area contributed by atoms with Crippen molar-refractivity contribution in [3.8, 4) is 0 Å². The molecule has 106 valence electrons. The number of non-ortho nitro benzene ring substituents is 1. The number of carbonyl (C=O) groups is 1. The second-order valence-corrected chi connectivity index (χ2v) is 3.95. The van der Waals surface area contributed by atoms with Gasteiger partial charge in [-0.25, -0.2) is 4.79 Å². The molecule has 0 spiro atoms. The second kappa shape index (κ2) is 7.23. The summed E-state index contributed by atoms with van der Waals surface area (Å²) in [6.45, 7) is 3.49. The molecule has 1 N–H and O–H groups in total. The third kappa shape index (κ3) is 4.35. The number of esters is 1. The molecule has 6 nitrogen and oxygen atoms in total. The van der Waals surface area contributed by atoms with Gasteiger partial charge in [0, 0.05) is 12.1 Å². The lowest BCUT2D eigenvalue weighted by molar-refractivity contribution is -0.384. The first kappa shape index (κ1) is 15.6. The zero-order valence-electron chi connectivity index (χ0n) is 11.2. The number of nitro benzene ring substituents is 1. The fourth-order valence-electron chi connectivity index (χ4n) is 1.39. The molecular formula is C14H15NO5. The standard InChI is InChI=1S/C14H15NO5/c1-3-20-14(17)10(2)4-9-13(16)11-5-7-12(8-6-11)15(18)19/h5-9,13,16H,3H2,1-2H3. The first-order valence-corrected chi connectivity index (χ1v) is 5.98. The molecule has 1 aromatic carbocycles. The third-order valence-corrected chi connectivity index (χ3v) is 2.48. The summed E-state index contributed by atoms with van der Waals surface area (Å²) in [7, 11) is 0. The monoisotopic (exact) mass is 277 g/mol. The first-order chi connectivity index (χ1) is 9.45. The van der Waals surface area contributed by atoms with Crippen LogP contribution in [-0.2, 0) is 9.53 Å². The summed E-state index contributed by atoms with van der Waals surface area (Å²) in [6, 6.07) is 5.49. The number of aliphatic hydroxyl groups is 1. The average Bonchev–Trinajstić information content (AvgIpc) is 2.44. The molecule has 0 aliphatic carbocycles. The van der Waals surface area contributed by atoms with Gasteiger partial charge in [-0.05, 0) is 37.6 Å². The van der Waals surface area contributed by atoms with Crippen LogP contribution < -0.4 is 0 Å². The summed E-state index contributed by atoms with van der Waals surface area (Å²) in [6.07, 6.45) is 0.299. The molecule has 1 unspecified atom stereocenters. The molecule has 20 heavy (non-hydrogen) atoms. The van der Waals surface area contributed by atoms with Crippen molar-refractivity contribution in [1.29, 1.82) is 0 Å². The molecule has 1 rings (SSSR count). The van der Waals surface area contributed by atoms with Gasteiger partial charge in [0.2, 0.25) is 0 Å². The molecular weight excluding hydrogens is 262 g/mol. The van der Waals surface area contributed by atoms with Crippen LogP contribution in [0.2, 0.25) is 0 Å². The molecule has 0 amide bonds. The molecule has 0 aliphatic heterocycles. The molecule has 6 heteroatoms. The minimum atomic E-state index is -1.000. The Balaban J connectivity index is 2.85. The van der Waals surface area contributed by atoms with Crippen molar-refractivity contribution in [2.45, 2.75) is 20.0 Å². The summed E-state index contributed by atoms with van der Waals surface area (Å²) in [5.41, 5.74) is 3.30. The summed E-state index contributed by atoms with van der Waals surface area (Å²) in [4.78, 5) is 21.3. The van der Waals surface area contributed by atoms with Crippen molar-refractivity contribution in [2.75, 3.05) is 6.61 Å². The Morgan fingerprint density at radius 2 is 2.10 bits per heavy atom. The summed E-state index contributed by atoms with van der Waals surface area (Å²) in [5.74, 6) is -0.500. The minimum Gasteiger partial charge on any atom is -0.462 e. The highest BCUT2D eigenvalue weighted by Gasteiger charge is 2.08. The van der Waals surface area contributed by atoms with Crippen molar-refractivity contribution < 1.29 is 19.6 Å². The number of hydrogen-bond acceptors (Lipinski definition) is 5. The number of rotatable bonds is 5. The summed E-state index contributed by atoms with van der Waals surface area (Å²) >= 11 is 0. The molecule has 0 saturated heterocycles. The maximum atomic E-state index is 11.3. The molecule has 0 radical (unpaired) electrons.